The summed E-state index contributed by atoms with van der Waals surface area (Å²) in [6.07, 6.45) is 2.81. The number of nitrogens with zero attached hydrogens (tertiary/aromatic N) is 3. The Morgan fingerprint density at radius 3 is 2.83 bits per heavy atom. The molecule has 0 radical (unpaired) electrons. The molecule has 2 fully saturated rings. The lowest BCUT2D eigenvalue weighted by Crippen LogP contribution is -2.62. The first kappa shape index (κ1) is 21.3. The van der Waals surface area contributed by atoms with Gasteiger partial charge >= 0.3 is 0 Å². The van der Waals surface area contributed by atoms with Gasteiger partial charge in [-0.3, -0.25) is 14.8 Å². The molecule has 0 saturated carbocycles. The van der Waals surface area contributed by atoms with Crippen LogP contribution in [0.2, 0.25) is 5.02 Å². The molecule has 3 heterocycles. The highest BCUT2D eigenvalue weighted by Crippen LogP contribution is 2.33. The molecule has 0 spiro atoms. The third-order valence-corrected chi connectivity index (χ3v) is 5.82. The van der Waals surface area contributed by atoms with Crippen molar-refractivity contribution in [3.8, 4) is 22.6 Å². The summed E-state index contributed by atoms with van der Waals surface area (Å²) >= 11 is 6.30. The Hall–Kier alpha value is -1.90. The molecular weight excluding hydrogens is 406 g/mol. The van der Waals surface area contributed by atoms with Crippen molar-refractivity contribution in [3.05, 3.63) is 41.7 Å². The van der Waals surface area contributed by atoms with E-state index in [-0.39, 0.29) is 6.61 Å². The molecule has 1 N–H and O–H groups in total. The molecule has 2 saturated heterocycles. The SMILES string of the molecule is COc1cnccc1-c1cc(Cl)cc(OCC(O)CN2CC(N3CCOCC3)C2)c1. The number of morpholine rings is 1. The van der Waals surface area contributed by atoms with E-state index in [2.05, 4.69) is 14.8 Å². The second-order valence-corrected chi connectivity index (χ2v) is 8.17. The summed E-state index contributed by atoms with van der Waals surface area (Å²) < 4.78 is 16.7. The van der Waals surface area contributed by atoms with Crippen molar-refractivity contribution >= 4 is 11.6 Å². The Balaban J connectivity index is 1.29. The quantitative estimate of drug-likeness (QED) is 0.684. The molecule has 1 aromatic heterocycles. The van der Waals surface area contributed by atoms with E-state index in [1.807, 2.05) is 18.2 Å². The lowest BCUT2D eigenvalue weighted by atomic mass is 10.1. The molecule has 162 valence electrons. The van der Waals surface area contributed by atoms with Gasteiger partial charge in [-0.25, -0.2) is 0 Å². The van der Waals surface area contributed by atoms with E-state index < -0.39 is 6.10 Å². The van der Waals surface area contributed by atoms with Crippen LogP contribution in [0.1, 0.15) is 0 Å². The second-order valence-electron chi connectivity index (χ2n) is 7.74. The average molecular weight is 434 g/mol. The van der Waals surface area contributed by atoms with Crippen molar-refractivity contribution < 1.29 is 19.3 Å². The molecule has 1 unspecified atom stereocenters. The van der Waals surface area contributed by atoms with Crippen LogP contribution in [0, 0.1) is 0 Å². The zero-order valence-electron chi connectivity index (χ0n) is 17.2. The average Bonchev–Trinajstić information content (AvgIpc) is 2.74. The van der Waals surface area contributed by atoms with Crippen molar-refractivity contribution in [1.29, 1.82) is 0 Å². The number of likely N-dealkylation sites (tertiary alicyclic amines) is 1. The molecule has 30 heavy (non-hydrogen) atoms. The molecule has 0 amide bonds. The maximum absolute atomic E-state index is 10.4. The van der Waals surface area contributed by atoms with Gasteiger partial charge in [0.25, 0.3) is 0 Å². The molecule has 7 nitrogen and oxygen atoms in total. The predicted octanol–water partition coefficient (Wildman–Crippen LogP) is 2.17. The number of hydrogen-bond acceptors (Lipinski definition) is 7. The third-order valence-electron chi connectivity index (χ3n) is 5.60. The molecular formula is C22H28ClN3O4. The number of rotatable bonds is 8. The zero-order chi connectivity index (χ0) is 20.9. The first-order valence-corrected chi connectivity index (χ1v) is 10.6. The molecule has 2 aliphatic rings. The Labute approximate surface area is 182 Å². The van der Waals surface area contributed by atoms with Crippen molar-refractivity contribution in [2.75, 3.05) is 59.7 Å². The molecule has 0 bridgehead atoms. The summed E-state index contributed by atoms with van der Waals surface area (Å²) in [5.41, 5.74) is 1.76. The monoisotopic (exact) mass is 433 g/mol. The number of aromatic nitrogens is 1. The fraction of sp³-hybridized carbons (Fsp3) is 0.500. The van der Waals surface area contributed by atoms with Gasteiger partial charge in [-0.05, 0) is 29.8 Å². The number of hydrogen-bond donors (Lipinski definition) is 1. The summed E-state index contributed by atoms with van der Waals surface area (Å²) in [5, 5.41) is 11.0. The van der Waals surface area contributed by atoms with E-state index in [0.29, 0.717) is 29.1 Å². The maximum Gasteiger partial charge on any atom is 0.144 e. The number of β-amino-alcohol motifs (C(OH)–C–C–N with tert-alkyl or cyclic N) is 1. The van der Waals surface area contributed by atoms with E-state index in [9.17, 15) is 5.11 Å². The number of aliphatic hydroxyl groups is 1. The standard InChI is InChI=1S/C22H28ClN3O4/c1-28-22-11-24-3-2-21(22)16-8-17(23)10-20(9-16)30-15-19(27)14-25-12-18(13-25)26-4-6-29-7-5-26/h2-3,8-11,18-19,27H,4-7,12-15H2,1H3. The number of aliphatic hydroxyl groups excluding tert-OH is 1. The number of ether oxygens (including phenoxy) is 3. The Morgan fingerprint density at radius 1 is 1.27 bits per heavy atom. The van der Waals surface area contributed by atoms with Gasteiger partial charge in [-0.15, -0.1) is 0 Å². The molecule has 2 aliphatic heterocycles. The zero-order valence-corrected chi connectivity index (χ0v) is 17.9. The predicted molar refractivity (Wildman–Crippen MR) is 115 cm³/mol. The van der Waals surface area contributed by atoms with Crippen LogP contribution in [0.4, 0.5) is 0 Å². The molecule has 1 aromatic carbocycles. The Bertz CT molecular complexity index is 841. The van der Waals surface area contributed by atoms with Crippen molar-refractivity contribution in [3.63, 3.8) is 0 Å². The first-order chi connectivity index (χ1) is 14.6. The van der Waals surface area contributed by atoms with Gasteiger partial charge in [-0.1, -0.05) is 11.6 Å². The van der Waals surface area contributed by atoms with Crippen LogP contribution in [0.3, 0.4) is 0 Å². The first-order valence-electron chi connectivity index (χ1n) is 10.3. The van der Waals surface area contributed by atoms with Crippen LogP contribution < -0.4 is 9.47 Å². The van der Waals surface area contributed by atoms with Gasteiger partial charge in [0.1, 0.15) is 24.2 Å². The van der Waals surface area contributed by atoms with Crippen molar-refractivity contribution in [2.24, 2.45) is 0 Å². The number of methoxy groups -OCH3 is 1. The Kier molecular flexibility index (Phi) is 7.07. The van der Waals surface area contributed by atoms with Gasteiger partial charge in [-0.2, -0.15) is 0 Å². The van der Waals surface area contributed by atoms with Crippen molar-refractivity contribution in [1.82, 2.24) is 14.8 Å². The summed E-state index contributed by atoms with van der Waals surface area (Å²) in [4.78, 5) is 8.83. The minimum absolute atomic E-state index is 0.214. The molecule has 2 aromatic rings. The summed E-state index contributed by atoms with van der Waals surface area (Å²) in [7, 11) is 1.61. The fourth-order valence-electron chi connectivity index (χ4n) is 3.99. The van der Waals surface area contributed by atoms with Crippen LogP contribution in [0.25, 0.3) is 11.1 Å². The molecule has 8 heteroatoms. The third kappa shape index (κ3) is 5.22. The van der Waals surface area contributed by atoms with Gasteiger partial charge in [0, 0.05) is 55.5 Å². The smallest absolute Gasteiger partial charge is 0.144 e. The minimum Gasteiger partial charge on any atom is -0.494 e. The lowest BCUT2D eigenvalue weighted by Gasteiger charge is -2.47. The van der Waals surface area contributed by atoms with Crippen molar-refractivity contribution in [2.45, 2.75) is 12.1 Å². The Morgan fingerprint density at radius 2 is 2.07 bits per heavy atom. The summed E-state index contributed by atoms with van der Waals surface area (Å²) in [5.74, 6) is 1.28. The largest absolute Gasteiger partial charge is 0.494 e. The van der Waals surface area contributed by atoms with E-state index in [1.54, 1.807) is 25.6 Å². The van der Waals surface area contributed by atoms with Gasteiger partial charge in [0.05, 0.1) is 26.5 Å². The van der Waals surface area contributed by atoms with E-state index in [1.165, 1.54) is 0 Å². The minimum atomic E-state index is -0.562. The molecule has 4 rings (SSSR count). The molecule has 1 atom stereocenters. The molecule has 0 aliphatic carbocycles. The van der Waals surface area contributed by atoms with Gasteiger partial charge in [0.15, 0.2) is 0 Å². The van der Waals surface area contributed by atoms with E-state index in [4.69, 9.17) is 25.8 Å². The van der Waals surface area contributed by atoms with Gasteiger partial charge < -0.3 is 19.3 Å². The van der Waals surface area contributed by atoms with Crippen LogP contribution in [0.15, 0.2) is 36.7 Å². The number of halogens is 1. The second kappa shape index (κ2) is 9.94. The number of pyridine rings is 1. The van der Waals surface area contributed by atoms with Crippen LogP contribution in [0.5, 0.6) is 11.5 Å². The normalized spacial score (nSPS) is 19.3. The topological polar surface area (TPSA) is 67.3 Å². The highest BCUT2D eigenvalue weighted by molar-refractivity contribution is 6.31. The number of benzene rings is 1. The fourth-order valence-corrected chi connectivity index (χ4v) is 4.22. The van der Waals surface area contributed by atoms with Crippen LogP contribution in [-0.4, -0.2) is 91.7 Å². The highest BCUT2D eigenvalue weighted by atomic mass is 35.5. The maximum atomic E-state index is 10.4. The van der Waals surface area contributed by atoms with Gasteiger partial charge in [0.2, 0.25) is 0 Å². The van der Waals surface area contributed by atoms with Crippen LogP contribution >= 0.6 is 11.6 Å². The highest BCUT2D eigenvalue weighted by Gasteiger charge is 2.33. The summed E-state index contributed by atoms with van der Waals surface area (Å²) in [6, 6.07) is 7.96. The van der Waals surface area contributed by atoms with Crippen LogP contribution in [-0.2, 0) is 4.74 Å². The van der Waals surface area contributed by atoms with E-state index in [0.717, 1.165) is 50.5 Å². The van der Waals surface area contributed by atoms with E-state index >= 15 is 0 Å². The lowest BCUT2D eigenvalue weighted by molar-refractivity contribution is -0.0461. The summed E-state index contributed by atoms with van der Waals surface area (Å²) in [6.45, 7) is 6.44.